The zero-order chi connectivity index (χ0) is 7.15. The Labute approximate surface area is 90.8 Å². The molecule has 0 saturated carbocycles. The fraction of sp³-hybridized carbons (Fsp3) is 0.500. The molecule has 0 radical (unpaired) electrons. The normalized spacial score (nSPS) is 5.56. The minimum atomic E-state index is 0. The molecule has 5 heteroatoms. The molecule has 0 unspecified atom stereocenters. The van der Waals surface area contributed by atoms with E-state index >= 15 is 0 Å². The van der Waals surface area contributed by atoms with Crippen LogP contribution in [0.3, 0.4) is 0 Å². The van der Waals surface area contributed by atoms with Crippen molar-refractivity contribution in [3.63, 3.8) is 0 Å². The van der Waals surface area contributed by atoms with Gasteiger partial charge < -0.3 is 49.7 Å². The molecule has 0 aliphatic rings. The first kappa shape index (κ1) is 16.7. The first-order valence-corrected chi connectivity index (χ1v) is 3.45. The van der Waals surface area contributed by atoms with Crippen molar-refractivity contribution >= 4 is 58.1 Å². The third-order valence-corrected chi connectivity index (χ3v) is 0. The van der Waals surface area contributed by atoms with Gasteiger partial charge in [-0.15, -0.1) is 0 Å². The third kappa shape index (κ3) is 314. The zero-order valence-corrected chi connectivity index (χ0v) is 11.6. The first-order chi connectivity index (χ1) is 3.46. The standard InChI is InChI=1S/2C2H4S2.Zn/c2*1-2(3)4;/h2*1H3,(H,3,4);/q;;+2/p-2. The second-order valence-electron chi connectivity index (χ2n) is 0.983. The van der Waals surface area contributed by atoms with E-state index in [1.165, 1.54) is 0 Å². The Morgan fingerprint density at radius 3 is 1.00 bits per heavy atom. The second kappa shape index (κ2) is 12.0. The van der Waals surface area contributed by atoms with Gasteiger partial charge in [0.15, 0.2) is 0 Å². The Kier molecular flexibility index (Phi) is 22.2. The molecule has 0 aliphatic heterocycles. The minimum Gasteiger partial charge on any atom is -0.433 e. The molecular formula is C4H6S4Zn. The van der Waals surface area contributed by atoms with Gasteiger partial charge >= 0.3 is 19.5 Å². The molecule has 0 aromatic carbocycles. The molecule has 0 spiro atoms. The Morgan fingerprint density at radius 1 is 1.00 bits per heavy atom. The van der Waals surface area contributed by atoms with Gasteiger partial charge in [-0.25, -0.2) is 0 Å². The van der Waals surface area contributed by atoms with Crippen LogP contribution in [0.4, 0.5) is 0 Å². The molecule has 0 aromatic heterocycles. The summed E-state index contributed by atoms with van der Waals surface area (Å²) in [5.41, 5.74) is 0. The molecule has 0 aliphatic carbocycles. The monoisotopic (exact) mass is 246 g/mol. The summed E-state index contributed by atoms with van der Waals surface area (Å²) < 4.78 is 1.17. The molecule has 0 fully saturated rings. The van der Waals surface area contributed by atoms with Crippen molar-refractivity contribution in [2.45, 2.75) is 13.8 Å². The van der Waals surface area contributed by atoms with E-state index in [9.17, 15) is 0 Å². The average Bonchev–Trinajstić information content (AvgIpc) is 1.25. The predicted octanol–water partition coefficient (Wildman–Crippen LogP) is 1.76. The summed E-state index contributed by atoms with van der Waals surface area (Å²) in [5.74, 6) is 0. The summed E-state index contributed by atoms with van der Waals surface area (Å²) in [4.78, 5) is 0. The molecule has 0 bridgehead atoms. The van der Waals surface area contributed by atoms with Gasteiger partial charge in [0, 0.05) is 0 Å². The van der Waals surface area contributed by atoms with Crippen molar-refractivity contribution in [2.24, 2.45) is 0 Å². The predicted molar refractivity (Wildman–Crippen MR) is 51.3 cm³/mol. The average molecular weight is 248 g/mol. The summed E-state index contributed by atoms with van der Waals surface area (Å²) in [6.07, 6.45) is 0. The second-order valence-corrected chi connectivity index (χ2v) is 3.95. The van der Waals surface area contributed by atoms with E-state index in [4.69, 9.17) is 0 Å². The third-order valence-electron chi connectivity index (χ3n) is 0. The van der Waals surface area contributed by atoms with Crippen LogP contribution >= 0.6 is 24.4 Å². The molecule has 9 heavy (non-hydrogen) atoms. The molecular weight excluding hydrogens is 242 g/mol. The summed E-state index contributed by atoms with van der Waals surface area (Å²) in [7, 11) is 0. The van der Waals surface area contributed by atoms with E-state index in [0.717, 1.165) is 0 Å². The van der Waals surface area contributed by atoms with E-state index in [0.29, 0.717) is 8.39 Å². The Morgan fingerprint density at radius 2 is 1.00 bits per heavy atom. The molecule has 0 N–H and O–H groups in total. The van der Waals surface area contributed by atoms with E-state index in [1.54, 1.807) is 13.8 Å². The zero-order valence-electron chi connectivity index (χ0n) is 5.34. The first-order valence-electron chi connectivity index (χ1n) is 1.82. The van der Waals surface area contributed by atoms with Crippen LogP contribution in [-0.2, 0) is 44.7 Å². The molecule has 48 valence electrons. The Balaban J connectivity index is -0.0000000720. The Bertz CT molecular complexity index is 70.6. The maximum atomic E-state index is 4.35. The van der Waals surface area contributed by atoms with Crippen LogP contribution in [0, 0.1) is 0 Å². The van der Waals surface area contributed by atoms with Gasteiger partial charge in [0.1, 0.15) is 0 Å². The van der Waals surface area contributed by atoms with Crippen LogP contribution in [0.2, 0.25) is 0 Å². The summed E-state index contributed by atoms with van der Waals surface area (Å²) in [6.45, 7) is 3.43. The van der Waals surface area contributed by atoms with Gasteiger partial charge in [0.25, 0.3) is 0 Å². The van der Waals surface area contributed by atoms with E-state index in [1.807, 2.05) is 0 Å². The van der Waals surface area contributed by atoms with Crippen molar-refractivity contribution in [1.29, 1.82) is 0 Å². The van der Waals surface area contributed by atoms with E-state index in [-0.39, 0.29) is 19.5 Å². The van der Waals surface area contributed by atoms with E-state index in [2.05, 4.69) is 49.7 Å². The van der Waals surface area contributed by atoms with Crippen LogP contribution in [0.15, 0.2) is 0 Å². The van der Waals surface area contributed by atoms with Gasteiger partial charge in [-0.2, -0.15) is 8.39 Å². The van der Waals surface area contributed by atoms with Gasteiger partial charge in [-0.05, 0) is 0 Å². The van der Waals surface area contributed by atoms with Crippen LogP contribution in [-0.4, -0.2) is 8.39 Å². The molecule has 0 rings (SSSR count). The van der Waals surface area contributed by atoms with Gasteiger partial charge in [0.05, 0.1) is 0 Å². The molecule has 0 atom stereocenters. The molecule has 0 amide bonds. The molecule has 0 nitrogen and oxygen atoms in total. The maximum absolute atomic E-state index is 4.35. The molecule has 0 heterocycles. The van der Waals surface area contributed by atoms with Crippen molar-refractivity contribution in [1.82, 2.24) is 0 Å². The van der Waals surface area contributed by atoms with E-state index < -0.39 is 0 Å². The smallest absolute Gasteiger partial charge is 0.433 e. The van der Waals surface area contributed by atoms with Crippen LogP contribution in [0.5, 0.6) is 0 Å². The number of hydrogen-bond acceptors (Lipinski definition) is 4. The van der Waals surface area contributed by atoms with Crippen LogP contribution in [0.1, 0.15) is 13.8 Å². The van der Waals surface area contributed by atoms with Gasteiger partial charge in [-0.3, -0.25) is 0 Å². The minimum absolute atomic E-state index is 0. The summed E-state index contributed by atoms with van der Waals surface area (Å²) >= 11 is 17.4. The van der Waals surface area contributed by atoms with Crippen molar-refractivity contribution in [3.8, 4) is 0 Å². The number of hydrogen-bond donors (Lipinski definition) is 0. The maximum Gasteiger partial charge on any atom is 2.00 e. The fourth-order valence-corrected chi connectivity index (χ4v) is 0. The largest absolute Gasteiger partial charge is 2.00 e. The van der Waals surface area contributed by atoms with Crippen LogP contribution < -0.4 is 0 Å². The van der Waals surface area contributed by atoms with Crippen molar-refractivity contribution < 1.29 is 19.5 Å². The fourth-order valence-electron chi connectivity index (χ4n) is 0. The quantitative estimate of drug-likeness (QED) is 0.363. The SMILES string of the molecule is CC(=S)[S-].CC(=S)[S-].[Zn+2]. The van der Waals surface area contributed by atoms with Gasteiger partial charge in [0.2, 0.25) is 0 Å². The van der Waals surface area contributed by atoms with Crippen LogP contribution in [0.25, 0.3) is 0 Å². The van der Waals surface area contributed by atoms with Crippen molar-refractivity contribution in [2.75, 3.05) is 0 Å². The summed E-state index contributed by atoms with van der Waals surface area (Å²) in [6, 6.07) is 0. The number of thiocarbonyl (C=S) groups is 2. The Hall–Kier alpha value is 1.24. The van der Waals surface area contributed by atoms with Crippen molar-refractivity contribution in [3.05, 3.63) is 0 Å². The molecule has 0 saturated heterocycles. The number of rotatable bonds is 0. The topological polar surface area (TPSA) is 0 Å². The molecule has 0 aromatic rings. The van der Waals surface area contributed by atoms with Gasteiger partial charge in [-0.1, -0.05) is 13.8 Å². The summed E-state index contributed by atoms with van der Waals surface area (Å²) in [5, 5.41) is 0.